The summed E-state index contributed by atoms with van der Waals surface area (Å²) in [5, 5.41) is 11.5. The van der Waals surface area contributed by atoms with Crippen LogP contribution in [0, 0.1) is 6.92 Å². The first-order chi connectivity index (χ1) is 17.8. The minimum atomic E-state index is -0.971. The number of ketones is 1. The van der Waals surface area contributed by atoms with Gasteiger partial charge in [0.2, 0.25) is 5.75 Å². The van der Waals surface area contributed by atoms with Gasteiger partial charge in [0.05, 0.1) is 57.9 Å². The third kappa shape index (κ3) is 4.67. The first kappa shape index (κ1) is 25.6. The molecule has 37 heavy (non-hydrogen) atoms. The van der Waals surface area contributed by atoms with Crippen molar-refractivity contribution in [1.29, 1.82) is 0 Å². The number of benzene rings is 2. The maximum Gasteiger partial charge on any atom is 0.296 e. The number of aliphatic hydroxyl groups excluding tert-OH is 1. The van der Waals surface area contributed by atoms with Crippen LogP contribution < -0.4 is 18.9 Å². The van der Waals surface area contributed by atoms with Crippen molar-refractivity contribution < 1.29 is 33.6 Å². The molecule has 1 aliphatic heterocycles. The van der Waals surface area contributed by atoms with Crippen molar-refractivity contribution in [1.82, 2.24) is 9.88 Å². The van der Waals surface area contributed by atoms with E-state index in [2.05, 4.69) is 4.98 Å². The predicted octanol–water partition coefficient (Wildman–Crippen LogP) is 4.05. The molecule has 1 saturated heterocycles. The van der Waals surface area contributed by atoms with Crippen molar-refractivity contribution in [2.75, 3.05) is 28.4 Å². The zero-order valence-corrected chi connectivity index (χ0v) is 21.3. The van der Waals surface area contributed by atoms with Gasteiger partial charge in [-0.25, -0.2) is 0 Å². The monoisotopic (exact) mass is 504 g/mol. The number of ether oxygens (including phenoxy) is 4. The molecule has 192 valence electrons. The number of methoxy groups -OCH3 is 4. The molecule has 1 amide bonds. The third-order valence-corrected chi connectivity index (χ3v) is 6.21. The molecule has 0 spiro atoms. The first-order valence-corrected chi connectivity index (χ1v) is 11.5. The van der Waals surface area contributed by atoms with E-state index in [0.717, 1.165) is 5.56 Å². The average Bonchev–Trinajstić information content (AvgIpc) is 3.17. The normalized spacial score (nSPS) is 16.6. The van der Waals surface area contributed by atoms with Gasteiger partial charge >= 0.3 is 0 Å². The van der Waals surface area contributed by atoms with Gasteiger partial charge in [0.15, 0.2) is 11.5 Å². The van der Waals surface area contributed by atoms with Crippen molar-refractivity contribution in [3.8, 4) is 23.0 Å². The molecule has 4 rings (SSSR count). The number of aliphatic hydroxyl groups is 1. The van der Waals surface area contributed by atoms with E-state index in [1.807, 2.05) is 13.0 Å². The second kappa shape index (κ2) is 10.6. The lowest BCUT2D eigenvalue weighted by molar-refractivity contribution is -0.140. The lowest BCUT2D eigenvalue weighted by Gasteiger charge is -2.26. The fourth-order valence-corrected chi connectivity index (χ4v) is 4.47. The summed E-state index contributed by atoms with van der Waals surface area (Å²) in [6, 6.07) is 12.9. The lowest BCUT2D eigenvalue weighted by Crippen LogP contribution is -2.29. The number of nitrogens with zero attached hydrogens (tertiary/aromatic N) is 2. The molecule has 2 heterocycles. The van der Waals surface area contributed by atoms with Crippen LogP contribution in [-0.2, 0) is 16.1 Å². The van der Waals surface area contributed by atoms with E-state index in [1.165, 1.54) is 33.3 Å². The molecule has 0 radical (unpaired) electrons. The van der Waals surface area contributed by atoms with Gasteiger partial charge in [-0.2, -0.15) is 0 Å². The van der Waals surface area contributed by atoms with Crippen molar-refractivity contribution in [2.24, 2.45) is 0 Å². The average molecular weight is 505 g/mol. The molecule has 1 fully saturated rings. The first-order valence-electron chi connectivity index (χ1n) is 11.5. The minimum absolute atomic E-state index is 0.0362. The standard InChI is InChI=1S/C28H28N2O7/c1-16-9-10-20(34-2)19(12-16)25(31)23-24(17-13-21(35-3)27(37-5)22(14-17)36-4)30(28(33)26(23)32)15-18-8-6-7-11-29-18/h6-14,24,31H,15H2,1-5H3/b25-23+. The van der Waals surface area contributed by atoms with Crippen LogP contribution in [0.5, 0.6) is 23.0 Å². The molecule has 0 saturated carbocycles. The maximum absolute atomic E-state index is 13.5. The summed E-state index contributed by atoms with van der Waals surface area (Å²) in [6.07, 6.45) is 1.61. The Morgan fingerprint density at radius 3 is 2.16 bits per heavy atom. The second-order valence-corrected chi connectivity index (χ2v) is 8.41. The number of pyridine rings is 1. The zero-order valence-electron chi connectivity index (χ0n) is 21.3. The number of rotatable bonds is 8. The van der Waals surface area contributed by atoms with Gasteiger partial charge in [0, 0.05) is 6.20 Å². The van der Waals surface area contributed by atoms with Gasteiger partial charge in [-0.3, -0.25) is 14.6 Å². The zero-order chi connectivity index (χ0) is 26.7. The Kier molecular flexibility index (Phi) is 7.33. The largest absolute Gasteiger partial charge is 0.507 e. The Balaban J connectivity index is 1.99. The van der Waals surface area contributed by atoms with Gasteiger partial charge in [-0.1, -0.05) is 17.7 Å². The topological polar surface area (TPSA) is 107 Å². The molecule has 1 aromatic heterocycles. The number of aryl methyl sites for hydroxylation is 1. The van der Waals surface area contributed by atoms with Gasteiger partial charge in [-0.05, 0) is 48.9 Å². The number of amides is 1. The van der Waals surface area contributed by atoms with Crippen LogP contribution in [0.4, 0.5) is 0 Å². The summed E-state index contributed by atoms with van der Waals surface area (Å²) in [4.78, 5) is 32.5. The SMILES string of the molecule is COc1ccc(C)cc1/C(O)=C1\C(=O)C(=O)N(Cc2ccccn2)C1c1cc(OC)c(OC)c(OC)c1. The number of likely N-dealkylation sites (tertiary alicyclic amines) is 1. The molecule has 0 bridgehead atoms. The number of hydrogen-bond donors (Lipinski definition) is 1. The smallest absolute Gasteiger partial charge is 0.296 e. The van der Waals surface area contributed by atoms with Crippen molar-refractivity contribution in [3.63, 3.8) is 0 Å². The highest BCUT2D eigenvalue weighted by molar-refractivity contribution is 6.46. The molecular weight excluding hydrogens is 476 g/mol. The van der Waals surface area contributed by atoms with E-state index in [-0.39, 0.29) is 17.9 Å². The molecule has 9 heteroatoms. The van der Waals surface area contributed by atoms with E-state index in [4.69, 9.17) is 18.9 Å². The van der Waals surface area contributed by atoms with Crippen LogP contribution in [0.2, 0.25) is 0 Å². The van der Waals surface area contributed by atoms with Crippen LogP contribution >= 0.6 is 0 Å². The van der Waals surface area contributed by atoms with Crippen molar-refractivity contribution in [3.05, 3.63) is 82.7 Å². The maximum atomic E-state index is 13.5. The number of Topliss-reactive ketones (excluding diaryl/α,β-unsaturated/α-hetero) is 1. The highest BCUT2D eigenvalue weighted by Crippen LogP contribution is 2.46. The Hall–Kier alpha value is -4.53. The molecule has 3 aromatic rings. The molecule has 9 nitrogen and oxygen atoms in total. The quantitative estimate of drug-likeness (QED) is 0.278. The molecule has 1 unspecified atom stereocenters. The second-order valence-electron chi connectivity index (χ2n) is 8.41. The Labute approximate surface area is 214 Å². The van der Waals surface area contributed by atoms with E-state index in [0.29, 0.717) is 39.8 Å². The fraction of sp³-hybridized carbons (Fsp3) is 0.250. The van der Waals surface area contributed by atoms with Gasteiger partial charge in [0.25, 0.3) is 11.7 Å². The predicted molar refractivity (Wildman–Crippen MR) is 136 cm³/mol. The highest BCUT2D eigenvalue weighted by atomic mass is 16.5. The number of carbonyl (C=O) groups excluding carboxylic acids is 2. The van der Waals surface area contributed by atoms with E-state index < -0.39 is 17.7 Å². The Morgan fingerprint density at radius 1 is 0.919 bits per heavy atom. The highest BCUT2D eigenvalue weighted by Gasteiger charge is 2.47. The summed E-state index contributed by atoms with van der Waals surface area (Å²) in [6.45, 7) is 1.89. The molecule has 1 aliphatic rings. The van der Waals surface area contributed by atoms with Crippen molar-refractivity contribution in [2.45, 2.75) is 19.5 Å². The molecule has 1 atom stereocenters. The van der Waals surface area contributed by atoms with E-state index in [9.17, 15) is 14.7 Å². The van der Waals surface area contributed by atoms with Crippen LogP contribution in [0.3, 0.4) is 0 Å². The third-order valence-electron chi connectivity index (χ3n) is 6.21. The summed E-state index contributed by atoms with van der Waals surface area (Å²) >= 11 is 0. The Bertz CT molecular complexity index is 1340. The molecule has 0 aliphatic carbocycles. The number of aromatic nitrogens is 1. The van der Waals surface area contributed by atoms with Crippen molar-refractivity contribution >= 4 is 17.4 Å². The Morgan fingerprint density at radius 2 is 1.59 bits per heavy atom. The van der Waals surface area contributed by atoms with Crippen LogP contribution in [-0.4, -0.2) is 55.1 Å². The van der Waals surface area contributed by atoms with Crippen LogP contribution in [0.25, 0.3) is 5.76 Å². The molecule has 1 N–H and O–H groups in total. The van der Waals surface area contributed by atoms with Gasteiger partial charge in [0.1, 0.15) is 11.5 Å². The lowest BCUT2D eigenvalue weighted by atomic mass is 9.94. The molecular formula is C28H28N2O7. The summed E-state index contributed by atoms with van der Waals surface area (Å²) in [7, 11) is 5.90. The van der Waals surface area contributed by atoms with Gasteiger partial charge < -0.3 is 29.0 Å². The summed E-state index contributed by atoms with van der Waals surface area (Å²) in [5.74, 6) is -0.533. The summed E-state index contributed by atoms with van der Waals surface area (Å²) in [5.41, 5.74) is 2.12. The van der Waals surface area contributed by atoms with Crippen LogP contribution in [0.1, 0.15) is 28.4 Å². The van der Waals surface area contributed by atoms with Gasteiger partial charge in [-0.15, -0.1) is 0 Å². The number of hydrogen-bond acceptors (Lipinski definition) is 8. The minimum Gasteiger partial charge on any atom is -0.507 e. The number of carbonyl (C=O) groups is 2. The van der Waals surface area contributed by atoms with E-state index in [1.54, 1.807) is 48.7 Å². The summed E-state index contributed by atoms with van der Waals surface area (Å²) < 4.78 is 21.9. The fourth-order valence-electron chi connectivity index (χ4n) is 4.47. The molecule has 2 aromatic carbocycles. The van der Waals surface area contributed by atoms with Crippen LogP contribution in [0.15, 0.2) is 60.3 Å². The van der Waals surface area contributed by atoms with E-state index >= 15 is 0 Å².